The van der Waals surface area contributed by atoms with Gasteiger partial charge in [0.1, 0.15) is 0 Å². The molecule has 0 spiro atoms. The first-order chi connectivity index (χ1) is 7.11. The molecule has 15 heavy (non-hydrogen) atoms. The van der Waals surface area contributed by atoms with Crippen LogP contribution in [0.1, 0.15) is 25.0 Å². The predicted molar refractivity (Wildman–Crippen MR) is 64.6 cm³/mol. The Kier molecular flexibility index (Phi) is 4.06. The van der Waals surface area contributed by atoms with Crippen LogP contribution in [-0.2, 0) is 5.41 Å². The van der Waals surface area contributed by atoms with Gasteiger partial charge in [-0.25, -0.2) is 0 Å². The van der Waals surface area contributed by atoms with Gasteiger partial charge in [0.25, 0.3) is 0 Å². The van der Waals surface area contributed by atoms with E-state index in [0.29, 0.717) is 6.54 Å². The number of aliphatic hydroxyl groups is 1. The quantitative estimate of drug-likeness (QED) is 0.789. The zero-order valence-corrected chi connectivity index (χ0v) is 9.40. The molecule has 1 aromatic rings. The molecule has 0 saturated heterocycles. The zero-order valence-electron chi connectivity index (χ0n) is 9.40. The summed E-state index contributed by atoms with van der Waals surface area (Å²) in [6, 6.07) is 8.07. The van der Waals surface area contributed by atoms with E-state index >= 15 is 0 Å². The van der Waals surface area contributed by atoms with E-state index in [9.17, 15) is 5.11 Å². The molecular weight excluding hydrogens is 186 g/mol. The Morgan fingerprint density at radius 3 is 2.60 bits per heavy atom. The largest absolute Gasteiger partial charge is 0.395 e. The Balaban J connectivity index is 3.11. The van der Waals surface area contributed by atoms with E-state index in [1.807, 2.05) is 50.3 Å². The van der Waals surface area contributed by atoms with E-state index in [-0.39, 0.29) is 12.0 Å². The average molecular weight is 205 g/mol. The molecule has 2 nitrogen and oxygen atoms in total. The number of benzene rings is 1. The van der Waals surface area contributed by atoms with Crippen molar-refractivity contribution in [3.63, 3.8) is 0 Å². The van der Waals surface area contributed by atoms with Crippen LogP contribution in [0.4, 0.5) is 0 Å². The fourth-order valence-corrected chi connectivity index (χ4v) is 1.54. The summed E-state index contributed by atoms with van der Waals surface area (Å²) in [6.45, 7) is 4.73. The van der Waals surface area contributed by atoms with Gasteiger partial charge in [0, 0.05) is 12.0 Å². The molecule has 0 fully saturated rings. The van der Waals surface area contributed by atoms with E-state index in [4.69, 9.17) is 5.73 Å². The van der Waals surface area contributed by atoms with Crippen molar-refractivity contribution < 1.29 is 5.11 Å². The first kappa shape index (κ1) is 12.0. The maximum absolute atomic E-state index is 9.35. The van der Waals surface area contributed by atoms with Crippen molar-refractivity contribution in [3.8, 4) is 0 Å². The van der Waals surface area contributed by atoms with Crippen molar-refractivity contribution >= 4 is 6.08 Å². The molecule has 82 valence electrons. The van der Waals surface area contributed by atoms with Gasteiger partial charge in [0.15, 0.2) is 0 Å². The molecule has 0 aromatic heterocycles. The van der Waals surface area contributed by atoms with Crippen molar-refractivity contribution in [2.75, 3.05) is 13.2 Å². The van der Waals surface area contributed by atoms with E-state index < -0.39 is 0 Å². The molecule has 1 rings (SSSR count). The Morgan fingerprint density at radius 2 is 2.00 bits per heavy atom. The van der Waals surface area contributed by atoms with Crippen LogP contribution in [0, 0.1) is 0 Å². The molecule has 0 saturated carbocycles. The molecule has 0 aliphatic heterocycles. The van der Waals surface area contributed by atoms with Gasteiger partial charge in [-0.2, -0.15) is 0 Å². The Hall–Kier alpha value is -1.12. The Bertz CT molecular complexity index is 342. The topological polar surface area (TPSA) is 46.2 Å². The number of hydrogen-bond acceptors (Lipinski definition) is 2. The molecule has 3 N–H and O–H groups in total. The molecule has 0 aliphatic carbocycles. The summed E-state index contributed by atoms with van der Waals surface area (Å²) >= 11 is 0. The molecule has 0 atom stereocenters. The summed E-state index contributed by atoms with van der Waals surface area (Å²) < 4.78 is 0. The maximum Gasteiger partial charge on any atom is 0.0522 e. The van der Waals surface area contributed by atoms with Crippen LogP contribution in [0.15, 0.2) is 30.3 Å². The lowest BCUT2D eigenvalue weighted by atomic mass is 9.82. The smallest absolute Gasteiger partial charge is 0.0522 e. The second-order valence-electron chi connectivity index (χ2n) is 4.27. The van der Waals surface area contributed by atoms with E-state index in [2.05, 4.69) is 0 Å². The summed E-state index contributed by atoms with van der Waals surface area (Å²) in [7, 11) is 0. The molecule has 0 heterocycles. The highest BCUT2D eigenvalue weighted by Gasteiger charge is 2.21. The highest BCUT2D eigenvalue weighted by molar-refractivity contribution is 5.55. The van der Waals surface area contributed by atoms with E-state index in [1.165, 1.54) is 0 Å². The first-order valence-corrected chi connectivity index (χ1v) is 5.19. The Labute approximate surface area is 91.4 Å². The number of nitrogens with two attached hydrogens (primary N) is 1. The van der Waals surface area contributed by atoms with Crippen molar-refractivity contribution in [1.82, 2.24) is 0 Å². The molecule has 0 bridgehead atoms. The third-order valence-corrected chi connectivity index (χ3v) is 2.52. The molecule has 0 radical (unpaired) electrons. The van der Waals surface area contributed by atoms with Crippen molar-refractivity contribution in [1.29, 1.82) is 0 Å². The van der Waals surface area contributed by atoms with Crippen LogP contribution in [0.3, 0.4) is 0 Å². The molecule has 1 aromatic carbocycles. The van der Waals surface area contributed by atoms with Crippen molar-refractivity contribution in [2.45, 2.75) is 19.3 Å². The second-order valence-corrected chi connectivity index (χ2v) is 4.27. The highest BCUT2D eigenvalue weighted by atomic mass is 16.3. The van der Waals surface area contributed by atoms with Crippen molar-refractivity contribution in [2.24, 2.45) is 5.73 Å². The van der Waals surface area contributed by atoms with Gasteiger partial charge in [-0.15, -0.1) is 0 Å². The van der Waals surface area contributed by atoms with Crippen LogP contribution in [-0.4, -0.2) is 18.3 Å². The van der Waals surface area contributed by atoms with Gasteiger partial charge >= 0.3 is 0 Å². The lowest BCUT2D eigenvalue weighted by Gasteiger charge is -2.24. The van der Waals surface area contributed by atoms with Gasteiger partial charge in [0.05, 0.1) is 6.61 Å². The number of rotatable bonds is 4. The van der Waals surface area contributed by atoms with Crippen LogP contribution in [0.5, 0.6) is 0 Å². The minimum absolute atomic E-state index is 0.139. The number of hydrogen-bond donors (Lipinski definition) is 2. The maximum atomic E-state index is 9.35. The molecule has 0 unspecified atom stereocenters. The molecule has 2 heteroatoms. The fraction of sp³-hybridized carbons (Fsp3) is 0.385. The third-order valence-electron chi connectivity index (χ3n) is 2.52. The second kappa shape index (κ2) is 5.10. The summed E-state index contributed by atoms with van der Waals surface area (Å²) in [5.74, 6) is 0. The van der Waals surface area contributed by atoms with Gasteiger partial charge in [0.2, 0.25) is 0 Å². The van der Waals surface area contributed by atoms with Gasteiger partial charge in [-0.3, -0.25) is 0 Å². The van der Waals surface area contributed by atoms with Gasteiger partial charge in [-0.05, 0) is 11.1 Å². The number of aliphatic hydroxyl groups excluding tert-OH is 1. The van der Waals surface area contributed by atoms with E-state index in [0.717, 1.165) is 11.1 Å². The van der Waals surface area contributed by atoms with Crippen LogP contribution in [0.2, 0.25) is 0 Å². The zero-order chi connectivity index (χ0) is 11.3. The van der Waals surface area contributed by atoms with E-state index in [1.54, 1.807) is 0 Å². The minimum atomic E-state index is -0.213. The van der Waals surface area contributed by atoms with Crippen molar-refractivity contribution in [3.05, 3.63) is 41.5 Å². The molecular formula is C13H19NO. The first-order valence-electron chi connectivity index (χ1n) is 5.19. The summed E-state index contributed by atoms with van der Waals surface area (Å²) in [6.07, 6.45) is 3.93. The summed E-state index contributed by atoms with van der Waals surface area (Å²) in [5.41, 5.74) is 7.50. The third kappa shape index (κ3) is 2.91. The molecule has 0 amide bonds. The molecule has 0 aliphatic rings. The monoisotopic (exact) mass is 205 g/mol. The predicted octanol–water partition coefficient (Wildman–Crippen LogP) is 1.93. The van der Waals surface area contributed by atoms with Crippen LogP contribution in [0.25, 0.3) is 6.08 Å². The summed E-state index contributed by atoms with van der Waals surface area (Å²) in [4.78, 5) is 0. The minimum Gasteiger partial charge on any atom is -0.395 e. The lowest BCUT2D eigenvalue weighted by molar-refractivity contribution is 0.218. The fourth-order valence-electron chi connectivity index (χ4n) is 1.54. The normalized spacial score (nSPS) is 12.3. The standard InChI is InChI=1S/C13H19NO/c1-13(2,10-15)12-8-4-3-6-11(12)7-5-9-14/h3-8,15H,9-10,14H2,1-2H3/b7-5+. The van der Waals surface area contributed by atoms with Crippen LogP contribution < -0.4 is 5.73 Å². The summed E-state index contributed by atoms with van der Waals surface area (Å²) in [5, 5.41) is 9.35. The Morgan fingerprint density at radius 1 is 1.33 bits per heavy atom. The van der Waals surface area contributed by atoms with Crippen LogP contribution >= 0.6 is 0 Å². The SMILES string of the molecule is CC(C)(CO)c1ccccc1/C=C/CN. The average Bonchev–Trinajstić information content (AvgIpc) is 2.26. The highest BCUT2D eigenvalue weighted by Crippen LogP contribution is 2.26. The van der Waals surface area contributed by atoms with Gasteiger partial charge in [-0.1, -0.05) is 50.3 Å². The lowest BCUT2D eigenvalue weighted by Crippen LogP contribution is -2.23. The van der Waals surface area contributed by atoms with Gasteiger partial charge < -0.3 is 10.8 Å².